The first kappa shape index (κ1) is 85.2. The molecule has 0 saturated carbocycles. The van der Waals surface area contributed by atoms with Crippen molar-refractivity contribution in [1.29, 1.82) is 0 Å². The van der Waals surface area contributed by atoms with Crippen LogP contribution in [0.15, 0.2) is 258 Å². The Kier molecular flexibility index (Phi) is 29.5. The van der Waals surface area contributed by atoms with Crippen molar-refractivity contribution in [1.82, 2.24) is 15.0 Å². The zero-order valence-electron chi connectivity index (χ0n) is 63.0. The minimum atomic E-state index is -0.125. The van der Waals surface area contributed by atoms with E-state index in [-0.39, 0.29) is 94.9 Å². The number of ketones is 3. The third-order valence-electron chi connectivity index (χ3n) is 17.5. The van der Waals surface area contributed by atoms with Crippen molar-refractivity contribution >= 4 is 146 Å². The number of aromatic nitrogens is 3. The number of aliphatic hydroxyl groups is 3. The van der Waals surface area contributed by atoms with Gasteiger partial charge in [0.25, 0.3) is 0 Å². The number of carbonyl (C=O) groups excluding carboxylic acids is 3. The minimum absolute atomic E-state index is 0. The predicted molar refractivity (Wildman–Crippen MR) is 455 cm³/mol. The van der Waals surface area contributed by atoms with Crippen LogP contribution in [0.1, 0.15) is 74.9 Å². The number of fused-ring (bicyclic) bond motifs is 10. The van der Waals surface area contributed by atoms with E-state index in [0.717, 1.165) is 67.1 Å². The van der Waals surface area contributed by atoms with Gasteiger partial charge in [-0.1, -0.05) is 105 Å². The fraction of sp³-hybridized carbons (Fsp3) is 0.128. The molecule has 0 aliphatic carbocycles. The molecule has 0 fully saturated rings. The second-order valence-corrected chi connectivity index (χ2v) is 30.8. The monoisotopic (exact) mass is 2070 g/mol. The van der Waals surface area contributed by atoms with E-state index in [1.807, 2.05) is 77.3 Å². The van der Waals surface area contributed by atoms with Gasteiger partial charge in [0.2, 0.25) is 0 Å². The summed E-state index contributed by atoms with van der Waals surface area (Å²) in [5.74, 6) is -0.187. The molecule has 111 heavy (non-hydrogen) atoms. The summed E-state index contributed by atoms with van der Waals surface area (Å²) in [6.07, 6.45) is 3.50. The van der Waals surface area contributed by atoms with E-state index in [2.05, 4.69) is 224 Å². The summed E-state index contributed by atoms with van der Waals surface area (Å²) < 4.78 is 12.6. The van der Waals surface area contributed by atoms with E-state index in [1.165, 1.54) is 175 Å². The molecule has 3 radical (unpaired) electrons. The average molecular weight is 2070 g/mol. The number of para-hydroxylation sites is 1. The molecule has 0 saturated heterocycles. The van der Waals surface area contributed by atoms with Gasteiger partial charge in [-0.25, -0.2) is 0 Å². The number of hydrogen-bond acceptors (Lipinski definition) is 14. The van der Waals surface area contributed by atoms with Crippen LogP contribution in [0.3, 0.4) is 0 Å². The predicted octanol–water partition coefficient (Wildman–Crippen LogP) is 26.7. The van der Waals surface area contributed by atoms with E-state index >= 15 is 0 Å². The van der Waals surface area contributed by atoms with Gasteiger partial charge in [-0.05, 0) is 192 Å². The fourth-order valence-electron chi connectivity index (χ4n) is 13.1. The number of furan rings is 1. The number of hydrogen-bond donors (Lipinski definition) is 3. The zero-order chi connectivity index (χ0) is 76.4. The van der Waals surface area contributed by atoms with Crippen LogP contribution < -0.4 is 0 Å². The van der Waals surface area contributed by atoms with Gasteiger partial charge < -0.3 is 19.7 Å². The number of allylic oxidation sites excluding steroid dienone is 6. The first-order chi connectivity index (χ1) is 51.9. The molecular formula is C94H78Ir3N3O7S4-3. The largest absolute Gasteiger partial charge is 0.512 e. The fourth-order valence-corrected chi connectivity index (χ4v) is 17.6. The minimum Gasteiger partial charge on any atom is -0.512 e. The maximum Gasteiger partial charge on any atom is 0.155 e. The van der Waals surface area contributed by atoms with E-state index in [4.69, 9.17) is 34.7 Å². The maximum absolute atomic E-state index is 10.0. The number of rotatable bonds is 9. The van der Waals surface area contributed by atoms with Crippen molar-refractivity contribution < 1.29 is 94.4 Å². The van der Waals surface area contributed by atoms with Crippen molar-refractivity contribution in [2.45, 2.75) is 83.1 Å². The van der Waals surface area contributed by atoms with Crippen LogP contribution in [0.5, 0.6) is 0 Å². The van der Waals surface area contributed by atoms with Crippen LogP contribution in [0, 0.1) is 59.7 Å². The average Bonchev–Trinajstić information content (AvgIpc) is 1.60. The van der Waals surface area contributed by atoms with Crippen molar-refractivity contribution in [2.75, 3.05) is 0 Å². The summed E-state index contributed by atoms with van der Waals surface area (Å²) in [4.78, 5) is 48.6. The summed E-state index contributed by atoms with van der Waals surface area (Å²) >= 11 is 7.31. The Labute approximate surface area is 702 Å². The smallest absolute Gasteiger partial charge is 0.155 e. The maximum atomic E-state index is 10.0. The van der Waals surface area contributed by atoms with Gasteiger partial charge >= 0.3 is 0 Å². The number of carbonyl (C=O) groups is 3. The zero-order valence-corrected chi connectivity index (χ0v) is 73.4. The molecule has 3 N–H and O–H groups in total. The van der Waals surface area contributed by atoms with Gasteiger partial charge in [0, 0.05) is 135 Å². The van der Waals surface area contributed by atoms with E-state index in [9.17, 15) is 14.4 Å². The van der Waals surface area contributed by atoms with Gasteiger partial charge in [0.15, 0.2) is 17.3 Å². The second-order valence-electron chi connectivity index (χ2n) is 26.5. The summed E-state index contributed by atoms with van der Waals surface area (Å²) in [6.45, 7) is 21.6. The quantitative estimate of drug-likeness (QED) is 0.0720. The van der Waals surface area contributed by atoms with E-state index < -0.39 is 0 Å². The molecular weight excluding hydrogens is 1990 g/mol. The summed E-state index contributed by atoms with van der Waals surface area (Å²) in [6, 6.07) is 86.5. The third kappa shape index (κ3) is 20.9. The molecule has 17 rings (SSSR count). The van der Waals surface area contributed by atoms with Crippen LogP contribution in [0.4, 0.5) is 0 Å². The molecule has 9 aromatic carbocycles. The van der Waals surface area contributed by atoms with Gasteiger partial charge in [0.1, 0.15) is 11.2 Å². The summed E-state index contributed by atoms with van der Waals surface area (Å²) in [5.41, 5.74) is 22.4. The van der Waals surface area contributed by atoms with E-state index in [1.54, 1.807) is 22.7 Å². The first-order valence-corrected chi connectivity index (χ1v) is 38.3. The third-order valence-corrected chi connectivity index (χ3v) is 22.1. The van der Waals surface area contributed by atoms with Crippen LogP contribution >= 0.6 is 45.3 Å². The number of aryl methyl sites for hydroxylation is 6. The van der Waals surface area contributed by atoms with Crippen LogP contribution in [-0.2, 0) is 74.7 Å². The van der Waals surface area contributed by atoms with Crippen LogP contribution in [0.25, 0.3) is 149 Å². The molecule has 0 amide bonds. The van der Waals surface area contributed by atoms with Gasteiger partial charge in [-0.15, -0.1) is 152 Å². The van der Waals surface area contributed by atoms with Crippen molar-refractivity contribution in [3.8, 4) is 65.1 Å². The number of pyridine rings is 3. The molecule has 0 aliphatic rings. The Bertz CT molecular complexity index is 6010. The summed E-state index contributed by atoms with van der Waals surface area (Å²) in [5, 5.41) is 32.7. The van der Waals surface area contributed by atoms with Crippen molar-refractivity contribution in [2.24, 2.45) is 0 Å². The van der Waals surface area contributed by atoms with Crippen molar-refractivity contribution in [3.05, 3.63) is 305 Å². The van der Waals surface area contributed by atoms with Gasteiger partial charge in [-0.2, -0.15) is 0 Å². The number of benzene rings is 9. The van der Waals surface area contributed by atoms with Crippen LogP contribution in [-0.4, -0.2) is 47.6 Å². The Balaban J connectivity index is 0.000000167. The first-order valence-electron chi connectivity index (χ1n) is 35.0. The van der Waals surface area contributed by atoms with Crippen molar-refractivity contribution in [3.63, 3.8) is 0 Å². The Morgan fingerprint density at radius 3 is 1.34 bits per heavy atom. The molecule has 17 aromatic rings. The molecule has 17 heteroatoms. The topological polar surface area (TPSA) is 164 Å². The number of thiophene rings is 4. The molecule has 0 unspecified atom stereocenters. The van der Waals surface area contributed by atoms with Crippen LogP contribution in [0.2, 0.25) is 0 Å². The SMILES string of the molecule is CC(=O)C=C(C)O.CC(=O)C=C(C)O.CC(=O)C=C(C)O.Cc1[c-]c(-c2ccc3sc(-c4ccc5ccccc5c4)cc3n2)cc(C)c1.Cc1cc2c(oc3ccccc32)c(C)c1-c1cc2nc(-c3[c-]cccc3)ccc2s1.Cc1cc2c(sc3ccccc32)c(C)c1-c1cc2nc(-c3[c-]cccc3)ccc2s1.[Ir].[Ir].[Ir]. The summed E-state index contributed by atoms with van der Waals surface area (Å²) in [7, 11) is 0. The molecule has 0 aliphatic heterocycles. The van der Waals surface area contributed by atoms with Gasteiger partial charge in [0.05, 0.1) is 47.9 Å². The molecule has 0 atom stereocenters. The molecule has 0 bridgehead atoms. The molecule has 565 valence electrons. The molecule has 0 spiro atoms. The Hall–Kier alpha value is -9.83. The number of nitrogens with zero attached hydrogens (tertiary/aromatic N) is 3. The Morgan fingerprint density at radius 2 is 0.847 bits per heavy atom. The van der Waals surface area contributed by atoms with Gasteiger partial charge in [-0.3, -0.25) is 29.3 Å². The standard InChI is InChI=1S/C27H18NOS.C27H18NS2.C25H18NS.3C5H8O2.3Ir/c1-16-14-20-19-10-6-7-11-23(19)29-27(20)17(2)26(16)25-15-22-24(30-25)13-12-21(28-22)18-8-4-3-5-9-18;1-16-14-20-19-10-6-7-11-23(19)30-27(20)17(2)26(16)25-15-22-24(29-25)13-12-21(28-22)18-8-4-3-5-9-18;1-16-11-17(2)13-21(12-16)22-9-10-24-23(26-22)15-25(27-24)20-8-7-18-5-3-4-6-19(18)14-20;3*1-4(6)3-5(2)7;;;/h2*3-8,10-15H,1-2H3;3-12,14-15H,1-2H3;3*3,6H,1-2H3;;;/q3*-1;;;;;;. The molecule has 8 aromatic heterocycles. The second kappa shape index (κ2) is 38.4. The molecule has 8 heterocycles. The number of aliphatic hydroxyl groups excluding tert-OH is 3. The normalized spacial score (nSPS) is 11.2. The molecule has 10 nitrogen and oxygen atoms in total. The van der Waals surface area contributed by atoms with E-state index in [0.29, 0.717) is 0 Å². The Morgan fingerprint density at radius 1 is 0.396 bits per heavy atom.